The molecule has 0 aliphatic heterocycles. The second-order valence-electron chi connectivity index (χ2n) is 2.70. The molecule has 1 aromatic heterocycles. The molecule has 0 N–H and O–H groups in total. The monoisotopic (exact) mass is 207 g/mol. The van der Waals surface area contributed by atoms with E-state index in [2.05, 4.69) is 0 Å². The van der Waals surface area contributed by atoms with Gasteiger partial charge in [-0.3, -0.25) is 14.9 Å². The van der Waals surface area contributed by atoms with Gasteiger partial charge in [0, 0.05) is 10.1 Å². The highest BCUT2D eigenvalue weighted by atomic mass is 32.1. The van der Waals surface area contributed by atoms with Crippen LogP contribution in [-0.4, -0.2) is 4.92 Å². The van der Waals surface area contributed by atoms with Crippen LogP contribution in [0.5, 0.6) is 0 Å². The van der Waals surface area contributed by atoms with Crippen molar-refractivity contribution in [2.45, 2.75) is 0 Å². The Balaban J connectivity index is 2.86. The highest BCUT2D eigenvalue weighted by molar-refractivity contribution is 7.21. The first-order valence-corrected chi connectivity index (χ1v) is 4.67. The maximum absolute atomic E-state index is 11.4. The Bertz CT molecular complexity index is 561. The molecule has 2 rings (SSSR count). The summed E-state index contributed by atoms with van der Waals surface area (Å²) in [6.07, 6.45) is 0. The molecule has 14 heavy (non-hydrogen) atoms. The van der Waals surface area contributed by atoms with Crippen LogP contribution >= 0.6 is 11.3 Å². The third kappa shape index (κ3) is 1.38. The lowest BCUT2D eigenvalue weighted by Crippen LogP contribution is -2.00. The number of rotatable bonds is 1. The average molecular weight is 207 g/mol. The topological polar surface area (TPSA) is 60.2 Å². The van der Waals surface area contributed by atoms with Gasteiger partial charge in [-0.15, -0.1) is 0 Å². The Labute approximate surface area is 82.6 Å². The number of nitro groups is 1. The Morgan fingerprint density at radius 3 is 2.71 bits per heavy atom. The number of hydrogen-bond donors (Lipinski definition) is 0. The molecule has 0 radical (unpaired) electrons. The van der Waals surface area contributed by atoms with Gasteiger partial charge in [-0.25, -0.2) is 0 Å². The summed E-state index contributed by atoms with van der Waals surface area (Å²) in [5, 5.41) is 10.9. The highest BCUT2D eigenvalue weighted by Gasteiger charge is 2.10. The van der Waals surface area contributed by atoms with Gasteiger partial charge in [-0.05, 0) is 12.1 Å². The highest BCUT2D eigenvalue weighted by Crippen LogP contribution is 2.23. The zero-order valence-electron chi connectivity index (χ0n) is 6.97. The maximum atomic E-state index is 11.4. The van der Waals surface area contributed by atoms with Gasteiger partial charge in [-0.2, -0.15) is 0 Å². The third-order valence-electron chi connectivity index (χ3n) is 1.80. The van der Waals surface area contributed by atoms with Crippen molar-refractivity contribution in [3.63, 3.8) is 0 Å². The second-order valence-corrected chi connectivity index (χ2v) is 3.76. The Morgan fingerprint density at radius 1 is 1.29 bits per heavy atom. The van der Waals surface area contributed by atoms with Crippen molar-refractivity contribution in [3.05, 3.63) is 50.7 Å². The molecule has 0 fully saturated rings. The summed E-state index contributed by atoms with van der Waals surface area (Å²) >= 11 is 1.01. The first kappa shape index (κ1) is 8.83. The standard InChI is InChI=1S/C9H5NO3S/c11-7-5-9(10(12)13)14-8-4-2-1-3-6(7)8/h1-5H. The minimum absolute atomic E-state index is 0.117. The van der Waals surface area contributed by atoms with E-state index in [4.69, 9.17) is 0 Å². The lowest BCUT2D eigenvalue weighted by molar-refractivity contribution is -0.380. The number of benzene rings is 1. The van der Waals surface area contributed by atoms with E-state index in [1.807, 2.05) is 0 Å². The molecular weight excluding hydrogens is 202 g/mol. The fraction of sp³-hybridized carbons (Fsp3) is 0. The average Bonchev–Trinajstić information content (AvgIpc) is 2.17. The summed E-state index contributed by atoms with van der Waals surface area (Å²) in [6.45, 7) is 0. The van der Waals surface area contributed by atoms with Gasteiger partial charge >= 0.3 is 5.00 Å². The summed E-state index contributed by atoms with van der Waals surface area (Å²) in [5.41, 5.74) is -0.300. The van der Waals surface area contributed by atoms with Crippen LogP contribution in [0.1, 0.15) is 0 Å². The fourth-order valence-electron chi connectivity index (χ4n) is 1.18. The SMILES string of the molecule is O=c1cc([N+](=O)[O-])sc2ccccc12. The molecule has 1 heterocycles. The molecule has 0 spiro atoms. The van der Waals surface area contributed by atoms with E-state index in [9.17, 15) is 14.9 Å². The predicted molar refractivity (Wildman–Crippen MR) is 54.7 cm³/mol. The summed E-state index contributed by atoms with van der Waals surface area (Å²) in [7, 11) is 0. The van der Waals surface area contributed by atoms with Crippen molar-refractivity contribution in [1.29, 1.82) is 0 Å². The molecule has 0 aliphatic carbocycles. The number of nitrogens with zero attached hydrogens (tertiary/aromatic N) is 1. The first-order valence-electron chi connectivity index (χ1n) is 3.86. The summed E-state index contributed by atoms with van der Waals surface area (Å²) in [5.74, 6) is 0. The van der Waals surface area contributed by atoms with Crippen LogP contribution in [0, 0.1) is 10.1 Å². The molecule has 0 aliphatic rings. The van der Waals surface area contributed by atoms with Gasteiger partial charge in [0.25, 0.3) is 0 Å². The molecule has 0 amide bonds. The lowest BCUT2D eigenvalue weighted by Gasteiger charge is -1.94. The van der Waals surface area contributed by atoms with Crippen LogP contribution in [0.4, 0.5) is 5.00 Å². The van der Waals surface area contributed by atoms with E-state index in [1.165, 1.54) is 0 Å². The van der Waals surface area contributed by atoms with Gasteiger partial charge in [0.1, 0.15) is 0 Å². The molecule has 1 aromatic carbocycles. The van der Waals surface area contributed by atoms with Crippen LogP contribution in [0.3, 0.4) is 0 Å². The van der Waals surface area contributed by atoms with Gasteiger partial charge in [0.2, 0.25) is 0 Å². The van der Waals surface area contributed by atoms with Crippen LogP contribution in [0.25, 0.3) is 10.1 Å². The third-order valence-corrected chi connectivity index (χ3v) is 2.85. The van der Waals surface area contributed by atoms with Gasteiger partial charge < -0.3 is 0 Å². The summed E-state index contributed by atoms with van der Waals surface area (Å²) in [6, 6.07) is 7.92. The molecule has 0 unspecified atom stereocenters. The van der Waals surface area contributed by atoms with E-state index in [-0.39, 0.29) is 10.4 Å². The molecule has 0 saturated carbocycles. The lowest BCUT2D eigenvalue weighted by atomic mass is 10.2. The Kier molecular flexibility index (Phi) is 2.01. The number of hydrogen-bond acceptors (Lipinski definition) is 4. The van der Waals surface area contributed by atoms with E-state index in [1.54, 1.807) is 24.3 Å². The molecule has 70 valence electrons. The van der Waals surface area contributed by atoms with Crippen molar-refractivity contribution in [2.75, 3.05) is 0 Å². The zero-order valence-corrected chi connectivity index (χ0v) is 7.78. The van der Waals surface area contributed by atoms with Crippen LogP contribution in [-0.2, 0) is 0 Å². The van der Waals surface area contributed by atoms with Crippen molar-refractivity contribution in [1.82, 2.24) is 0 Å². The zero-order chi connectivity index (χ0) is 10.1. The van der Waals surface area contributed by atoms with Crippen LogP contribution in [0.15, 0.2) is 35.1 Å². The molecule has 5 heteroatoms. The Morgan fingerprint density at radius 2 is 2.00 bits per heavy atom. The molecular formula is C9H5NO3S. The van der Waals surface area contributed by atoms with E-state index < -0.39 is 4.92 Å². The van der Waals surface area contributed by atoms with Crippen molar-refractivity contribution in [2.24, 2.45) is 0 Å². The summed E-state index contributed by atoms with van der Waals surface area (Å²) < 4.78 is 0.645. The minimum atomic E-state index is -0.543. The maximum Gasteiger partial charge on any atom is 0.328 e. The first-order chi connectivity index (χ1) is 6.68. The van der Waals surface area contributed by atoms with E-state index in [0.29, 0.717) is 10.1 Å². The van der Waals surface area contributed by atoms with Crippen molar-refractivity contribution in [3.8, 4) is 0 Å². The molecule has 2 aromatic rings. The summed E-state index contributed by atoms with van der Waals surface area (Å²) in [4.78, 5) is 21.3. The smallest absolute Gasteiger partial charge is 0.289 e. The van der Waals surface area contributed by atoms with Crippen LogP contribution in [0.2, 0.25) is 0 Å². The van der Waals surface area contributed by atoms with Crippen molar-refractivity contribution >= 4 is 26.4 Å². The van der Waals surface area contributed by atoms with Gasteiger partial charge in [0.05, 0.1) is 11.0 Å². The molecule has 4 nitrogen and oxygen atoms in total. The van der Waals surface area contributed by atoms with Crippen LogP contribution < -0.4 is 5.43 Å². The normalized spacial score (nSPS) is 10.3. The number of fused-ring (bicyclic) bond motifs is 1. The fourth-order valence-corrected chi connectivity index (χ4v) is 2.07. The molecule has 0 bridgehead atoms. The van der Waals surface area contributed by atoms with Crippen molar-refractivity contribution < 1.29 is 4.92 Å². The largest absolute Gasteiger partial charge is 0.328 e. The van der Waals surface area contributed by atoms with Gasteiger partial charge in [0.15, 0.2) is 5.43 Å². The quantitative estimate of drug-likeness (QED) is 0.531. The van der Waals surface area contributed by atoms with Gasteiger partial charge in [-0.1, -0.05) is 23.5 Å². The molecule has 0 atom stereocenters. The predicted octanol–water partition coefficient (Wildman–Crippen LogP) is 2.17. The molecule has 0 saturated heterocycles. The van der Waals surface area contributed by atoms with E-state index in [0.717, 1.165) is 17.4 Å². The minimum Gasteiger partial charge on any atom is -0.289 e. The van der Waals surface area contributed by atoms with E-state index >= 15 is 0 Å². The Hall–Kier alpha value is -1.75. The second kappa shape index (κ2) is 3.19.